The Morgan fingerprint density at radius 3 is 2.36 bits per heavy atom. The molecule has 0 aromatic heterocycles. The molecule has 0 saturated carbocycles. The minimum Gasteiger partial charge on any atom is -0.465 e. The zero-order chi connectivity index (χ0) is 11.1. The van der Waals surface area contributed by atoms with E-state index in [1.54, 1.807) is 20.8 Å². The number of esters is 1. The summed E-state index contributed by atoms with van der Waals surface area (Å²) in [7, 11) is 0. The van der Waals surface area contributed by atoms with Crippen molar-refractivity contribution < 1.29 is 19.1 Å². The molecule has 1 unspecified atom stereocenters. The van der Waals surface area contributed by atoms with Gasteiger partial charge in [0, 0.05) is 0 Å². The third-order valence-electron chi connectivity index (χ3n) is 1.34. The van der Waals surface area contributed by atoms with E-state index in [2.05, 4.69) is 4.74 Å². The molecule has 0 aromatic rings. The molecule has 0 saturated heterocycles. The summed E-state index contributed by atoms with van der Waals surface area (Å²) in [5.74, 6) is -1.19. The van der Waals surface area contributed by atoms with Crippen LogP contribution in [-0.4, -0.2) is 36.4 Å². The molecule has 0 aromatic carbocycles. The van der Waals surface area contributed by atoms with Gasteiger partial charge >= 0.3 is 5.97 Å². The molecule has 0 radical (unpaired) electrons. The van der Waals surface area contributed by atoms with E-state index in [4.69, 9.17) is 16.3 Å². The lowest BCUT2D eigenvalue weighted by Crippen LogP contribution is -2.30. The highest BCUT2D eigenvalue weighted by Crippen LogP contribution is 2.02. The standard InChI is InChI=1S/C9H15ClO4/c1-4-13-9(12)8(10)7(11)5-14-6(2)3/h6,8H,4-5H2,1-3H3. The fraction of sp³-hybridized carbons (Fsp3) is 0.778. The Hall–Kier alpha value is -0.610. The van der Waals surface area contributed by atoms with Crippen LogP contribution in [0, 0.1) is 0 Å². The van der Waals surface area contributed by atoms with Gasteiger partial charge in [-0.05, 0) is 20.8 Å². The Morgan fingerprint density at radius 1 is 1.36 bits per heavy atom. The molecule has 0 aliphatic heterocycles. The molecule has 0 rings (SSSR count). The Morgan fingerprint density at radius 2 is 1.93 bits per heavy atom. The zero-order valence-corrected chi connectivity index (χ0v) is 9.34. The summed E-state index contributed by atoms with van der Waals surface area (Å²) >= 11 is 5.54. The third-order valence-corrected chi connectivity index (χ3v) is 1.76. The highest BCUT2D eigenvalue weighted by Gasteiger charge is 2.25. The summed E-state index contributed by atoms with van der Waals surface area (Å²) in [5.41, 5.74) is 0. The quantitative estimate of drug-likeness (QED) is 0.384. The SMILES string of the molecule is CCOC(=O)C(Cl)C(=O)COC(C)C. The second-order valence-corrected chi connectivity index (χ2v) is 3.38. The number of carbonyl (C=O) groups is 2. The molecule has 0 heterocycles. The van der Waals surface area contributed by atoms with Crippen molar-refractivity contribution in [2.75, 3.05) is 13.2 Å². The molecule has 0 aliphatic carbocycles. The van der Waals surface area contributed by atoms with Gasteiger partial charge in [-0.1, -0.05) is 0 Å². The largest absolute Gasteiger partial charge is 0.465 e. The molecular formula is C9H15ClO4. The molecule has 14 heavy (non-hydrogen) atoms. The van der Waals surface area contributed by atoms with Crippen molar-refractivity contribution in [1.82, 2.24) is 0 Å². The molecular weight excluding hydrogens is 208 g/mol. The van der Waals surface area contributed by atoms with Gasteiger partial charge in [0.25, 0.3) is 0 Å². The van der Waals surface area contributed by atoms with Gasteiger partial charge in [-0.25, -0.2) is 4.79 Å². The van der Waals surface area contributed by atoms with Gasteiger partial charge in [0.05, 0.1) is 12.7 Å². The van der Waals surface area contributed by atoms with Gasteiger partial charge in [-0.15, -0.1) is 11.6 Å². The number of alkyl halides is 1. The first-order valence-corrected chi connectivity index (χ1v) is 4.87. The Kier molecular flexibility index (Phi) is 6.49. The molecule has 5 heteroatoms. The van der Waals surface area contributed by atoms with Crippen LogP contribution in [0.3, 0.4) is 0 Å². The summed E-state index contributed by atoms with van der Waals surface area (Å²) in [6.07, 6.45) is -0.0648. The van der Waals surface area contributed by atoms with Gasteiger partial charge in [0.15, 0.2) is 11.2 Å². The fourth-order valence-corrected chi connectivity index (χ4v) is 0.795. The summed E-state index contributed by atoms with van der Waals surface area (Å²) < 4.78 is 9.60. The second kappa shape index (κ2) is 6.79. The third kappa shape index (κ3) is 5.19. The van der Waals surface area contributed by atoms with E-state index in [1.807, 2.05) is 0 Å². The van der Waals surface area contributed by atoms with Gasteiger partial charge in [0.1, 0.15) is 6.61 Å². The van der Waals surface area contributed by atoms with E-state index < -0.39 is 17.1 Å². The Bertz CT molecular complexity index is 203. The maximum Gasteiger partial charge on any atom is 0.331 e. The number of carbonyl (C=O) groups excluding carboxylic acids is 2. The molecule has 0 N–H and O–H groups in total. The van der Waals surface area contributed by atoms with E-state index in [1.165, 1.54) is 0 Å². The van der Waals surface area contributed by atoms with Crippen molar-refractivity contribution in [2.45, 2.75) is 32.3 Å². The molecule has 0 fully saturated rings. The molecule has 0 bridgehead atoms. The van der Waals surface area contributed by atoms with Crippen LogP contribution >= 0.6 is 11.6 Å². The van der Waals surface area contributed by atoms with Gasteiger partial charge < -0.3 is 9.47 Å². The summed E-state index contributed by atoms with van der Waals surface area (Å²) in [6, 6.07) is 0. The van der Waals surface area contributed by atoms with Crippen molar-refractivity contribution in [3.8, 4) is 0 Å². The van der Waals surface area contributed by atoms with E-state index in [0.717, 1.165) is 0 Å². The number of ether oxygens (including phenoxy) is 2. The molecule has 0 amide bonds. The first-order chi connectivity index (χ1) is 6.49. The first-order valence-electron chi connectivity index (χ1n) is 4.44. The normalized spacial score (nSPS) is 12.6. The molecule has 1 atom stereocenters. The van der Waals surface area contributed by atoms with E-state index in [0.29, 0.717) is 0 Å². The maximum absolute atomic E-state index is 11.2. The minimum absolute atomic E-state index is 0.0648. The van der Waals surface area contributed by atoms with Crippen LogP contribution in [0.4, 0.5) is 0 Å². The van der Waals surface area contributed by atoms with Crippen LogP contribution in [-0.2, 0) is 19.1 Å². The van der Waals surface area contributed by atoms with Crippen molar-refractivity contribution >= 4 is 23.4 Å². The predicted molar refractivity (Wildman–Crippen MR) is 52.4 cm³/mol. The van der Waals surface area contributed by atoms with E-state index in [9.17, 15) is 9.59 Å². The van der Waals surface area contributed by atoms with Crippen LogP contribution in [0.2, 0.25) is 0 Å². The van der Waals surface area contributed by atoms with Gasteiger partial charge in [0.2, 0.25) is 0 Å². The van der Waals surface area contributed by atoms with Crippen LogP contribution in [0.15, 0.2) is 0 Å². The number of hydrogen-bond donors (Lipinski definition) is 0. The number of hydrogen-bond acceptors (Lipinski definition) is 4. The van der Waals surface area contributed by atoms with Gasteiger partial charge in [-0.2, -0.15) is 0 Å². The topological polar surface area (TPSA) is 52.6 Å². The first kappa shape index (κ1) is 13.4. The lowest BCUT2D eigenvalue weighted by atomic mass is 10.3. The highest BCUT2D eigenvalue weighted by molar-refractivity contribution is 6.41. The van der Waals surface area contributed by atoms with Crippen LogP contribution in [0.1, 0.15) is 20.8 Å². The Balaban J connectivity index is 3.92. The zero-order valence-electron chi connectivity index (χ0n) is 8.58. The van der Waals surface area contributed by atoms with Crippen molar-refractivity contribution in [1.29, 1.82) is 0 Å². The number of rotatable bonds is 6. The smallest absolute Gasteiger partial charge is 0.331 e. The lowest BCUT2D eigenvalue weighted by Gasteiger charge is -2.09. The average Bonchev–Trinajstić information content (AvgIpc) is 2.13. The fourth-order valence-electron chi connectivity index (χ4n) is 0.669. The van der Waals surface area contributed by atoms with Crippen molar-refractivity contribution in [3.05, 3.63) is 0 Å². The summed E-state index contributed by atoms with van der Waals surface area (Å²) in [4.78, 5) is 22.2. The minimum atomic E-state index is -1.26. The maximum atomic E-state index is 11.2. The molecule has 82 valence electrons. The lowest BCUT2D eigenvalue weighted by molar-refractivity contribution is -0.146. The second-order valence-electron chi connectivity index (χ2n) is 2.94. The van der Waals surface area contributed by atoms with Crippen molar-refractivity contribution in [3.63, 3.8) is 0 Å². The van der Waals surface area contributed by atoms with Crippen LogP contribution in [0.5, 0.6) is 0 Å². The Labute approximate surface area is 88.5 Å². The number of ketones is 1. The van der Waals surface area contributed by atoms with E-state index in [-0.39, 0.29) is 19.3 Å². The van der Waals surface area contributed by atoms with Crippen LogP contribution in [0.25, 0.3) is 0 Å². The molecule has 0 aliphatic rings. The van der Waals surface area contributed by atoms with Gasteiger partial charge in [-0.3, -0.25) is 4.79 Å². The highest BCUT2D eigenvalue weighted by atomic mass is 35.5. The van der Waals surface area contributed by atoms with Crippen LogP contribution < -0.4 is 0 Å². The predicted octanol–water partition coefficient (Wildman–Crippen LogP) is 1.15. The van der Waals surface area contributed by atoms with Crippen molar-refractivity contribution in [2.24, 2.45) is 0 Å². The molecule has 4 nitrogen and oxygen atoms in total. The summed E-state index contributed by atoms with van der Waals surface area (Å²) in [6.45, 7) is 5.28. The number of Topliss-reactive ketones (excluding diaryl/α,β-unsaturated/α-hetero) is 1. The van der Waals surface area contributed by atoms with E-state index >= 15 is 0 Å². The number of halogens is 1. The summed E-state index contributed by atoms with van der Waals surface area (Å²) in [5, 5.41) is -1.26. The molecule has 0 spiro atoms. The average molecular weight is 223 g/mol. The monoisotopic (exact) mass is 222 g/mol.